The molecule has 2 aromatic rings. The molecule has 1 heterocycles. The Morgan fingerprint density at radius 3 is 2.52 bits per heavy atom. The van der Waals surface area contributed by atoms with E-state index in [9.17, 15) is 9.59 Å². The Morgan fingerprint density at radius 1 is 1.07 bits per heavy atom. The lowest BCUT2D eigenvalue weighted by molar-refractivity contribution is -0.119. The van der Waals surface area contributed by atoms with E-state index >= 15 is 0 Å². The molecule has 27 heavy (non-hydrogen) atoms. The molecule has 0 atom stereocenters. The van der Waals surface area contributed by atoms with Gasteiger partial charge >= 0.3 is 0 Å². The molecule has 2 amide bonds. The number of carbonyl (C=O) groups excluding carboxylic acids is 2. The highest BCUT2D eigenvalue weighted by molar-refractivity contribution is 5.94. The maximum absolute atomic E-state index is 12.5. The number of likely N-dealkylation sites (tertiary alicyclic amines) is 1. The molecule has 0 spiro atoms. The minimum Gasteiger partial charge on any atom is -0.376 e. The molecule has 1 saturated heterocycles. The highest BCUT2D eigenvalue weighted by Crippen LogP contribution is 2.14. The highest BCUT2D eigenvalue weighted by atomic mass is 16.2. The van der Waals surface area contributed by atoms with Crippen LogP contribution in [0.4, 0.5) is 5.69 Å². The van der Waals surface area contributed by atoms with E-state index in [4.69, 9.17) is 5.26 Å². The zero-order valence-electron chi connectivity index (χ0n) is 15.1. The van der Waals surface area contributed by atoms with E-state index in [2.05, 4.69) is 16.7 Å². The minimum absolute atomic E-state index is 0.0585. The Labute approximate surface area is 158 Å². The fourth-order valence-electron chi connectivity index (χ4n) is 3.03. The molecule has 6 nitrogen and oxygen atoms in total. The van der Waals surface area contributed by atoms with Gasteiger partial charge in [0, 0.05) is 30.9 Å². The van der Waals surface area contributed by atoms with E-state index in [0.717, 1.165) is 37.2 Å². The molecule has 2 N–H and O–H groups in total. The second-order valence-corrected chi connectivity index (χ2v) is 6.52. The summed E-state index contributed by atoms with van der Waals surface area (Å²) < 4.78 is 0. The van der Waals surface area contributed by atoms with Crippen LogP contribution in [-0.4, -0.2) is 36.3 Å². The van der Waals surface area contributed by atoms with E-state index in [-0.39, 0.29) is 18.4 Å². The van der Waals surface area contributed by atoms with E-state index in [1.165, 1.54) is 0 Å². The molecule has 3 rings (SSSR count). The van der Waals surface area contributed by atoms with Gasteiger partial charge in [0.1, 0.15) is 0 Å². The fourth-order valence-corrected chi connectivity index (χ4v) is 3.03. The van der Waals surface area contributed by atoms with Gasteiger partial charge in [0.2, 0.25) is 5.91 Å². The second kappa shape index (κ2) is 8.86. The monoisotopic (exact) mass is 362 g/mol. The quantitative estimate of drug-likeness (QED) is 0.827. The number of nitriles is 1. The van der Waals surface area contributed by atoms with Gasteiger partial charge in [0.15, 0.2) is 0 Å². The van der Waals surface area contributed by atoms with Crippen molar-refractivity contribution in [3.8, 4) is 6.07 Å². The van der Waals surface area contributed by atoms with Crippen LogP contribution in [0.1, 0.15) is 34.3 Å². The summed E-state index contributed by atoms with van der Waals surface area (Å²) in [5.41, 5.74) is 2.92. The lowest BCUT2D eigenvalue weighted by Gasteiger charge is -2.15. The molecular weight excluding hydrogens is 340 g/mol. The lowest BCUT2D eigenvalue weighted by atomic mass is 10.1. The van der Waals surface area contributed by atoms with Gasteiger partial charge in [0.05, 0.1) is 18.2 Å². The third-order valence-corrected chi connectivity index (χ3v) is 4.52. The van der Waals surface area contributed by atoms with Crippen LogP contribution in [0.15, 0.2) is 48.5 Å². The van der Waals surface area contributed by atoms with Gasteiger partial charge in [-0.1, -0.05) is 12.1 Å². The SMILES string of the molecule is N#Cc1ccc(NCC(=O)NCc2cccc(C(=O)N3CCCC3)c2)cc1. The van der Waals surface area contributed by atoms with Gasteiger partial charge in [-0.15, -0.1) is 0 Å². The average Bonchev–Trinajstić information content (AvgIpc) is 3.25. The van der Waals surface area contributed by atoms with Crippen molar-refractivity contribution in [1.29, 1.82) is 5.26 Å². The molecule has 0 saturated carbocycles. The standard InChI is InChI=1S/C21H22N4O2/c22-13-16-6-8-19(9-7-16)23-15-20(26)24-14-17-4-3-5-18(12-17)21(27)25-10-1-2-11-25/h3-9,12,23H,1-2,10-11,14-15H2,(H,24,26). The first-order valence-electron chi connectivity index (χ1n) is 9.04. The predicted molar refractivity (Wildman–Crippen MR) is 103 cm³/mol. The summed E-state index contributed by atoms with van der Waals surface area (Å²) in [6, 6.07) is 16.4. The van der Waals surface area contributed by atoms with Gasteiger partial charge in [-0.05, 0) is 54.8 Å². The van der Waals surface area contributed by atoms with Crippen LogP contribution in [-0.2, 0) is 11.3 Å². The Bertz CT molecular complexity index is 849. The molecule has 0 aliphatic carbocycles. The Hall–Kier alpha value is -3.33. The summed E-state index contributed by atoms with van der Waals surface area (Å²) in [5, 5.41) is 14.6. The summed E-state index contributed by atoms with van der Waals surface area (Å²) >= 11 is 0. The van der Waals surface area contributed by atoms with Gasteiger partial charge < -0.3 is 15.5 Å². The van der Waals surface area contributed by atoms with Crippen LogP contribution in [0.2, 0.25) is 0 Å². The highest BCUT2D eigenvalue weighted by Gasteiger charge is 2.19. The molecule has 0 aromatic heterocycles. The minimum atomic E-state index is -0.143. The summed E-state index contributed by atoms with van der Waals surface area (Å²) in [6.07, 6.45) is 2.13. The first-order chi connectivity index (χ1) is 13.2. The zero-order valence-corrected chi connectivity index (χ0v) is 15.1. The van der Waals surface area contributed by atoms with Crippen molar-refractivity contribution in [2.24, 2.45) is 0 Å². The molecule has 6 heteroatoms. The molecule has 138 valence electrons. The lowest BCUT2D eigenvalue weighted by Crippen LogP contribution is -2.30. The first-order valence-corrected chi connectivity index (χ1v) is 9.04. The zero-order chi connectivity index (χ0) is 19.1. The smallest absolute Gasteiger partial charge is 0.253 e. The Balaban J connectivity index is 1.49. The number of hydrogen-bond acceptors (Lipinski definition) is 4. The van der Waals surface area contributed by atoms with Crippen molar-refractivity contribution in [2.75, 3.05) is 25.0 Å². The van der Waals surface area contributed by atoms with Crippen LogP contribution >= 0.6 is 0 Å². The molecule has 1 fully saturated rings. The molecule has 0 bridgehead atoms. The number of nitrogens with one attached hydrogen (secondary N) is 2. The molecule has 1 aliphatic heterocycles. The van der Waals surface area contributed by atoms with Gasteiger partial charge in [-0.3, -0.25) is 9.59 Å². The first kappa shape index (κ1) is 18.5. The van der Waals surface area contributed by atoms with Crippen molar-refractivity contribution in [1.82, 2.24) is 10.2 Å². The van der Waals surface area contributed by atoms with Crippen LogP contribution in [0, 0.1) is 11.3 Å². The summed E-state index contributed by atoms with van der Waals surface area (Å²) in [6.45, 7) is 2.15. The molecule has 0 radical (unpaired) electrons. The van der Waals surface area contributed by atoms with Crippen LogP contribution in [0.5, 0.6) is 0 Å². The molecular formula is C21H22N4O2. The number of amides is 2. The topological polar surface area (TPSA) is 85.2 Å². The summed E-state index contributed by atoms with van der Waals surface area (Å²) in [7, 11) is 0. The second-order valence-electron chi connectivity index (χ2n) is 6.52. The molecule has 1 aliphatic rings. The molecule has 2 aromatic carbocycles. The maximum Gasteiger partial charge on any atom is 0.253 e. The third-order valence-electron chi connectivity index (χ3n) is 4.52. The maximum atomic E-state index is 12.5. The largest absolute Gasteiger partial charge is 0.376 e. The third kappa shape index (κ3) is 5.08. The van der Waals surface area contributed by atoms with Crippen LogP contribution < -0.4 is 10.6 Å². The summed E-state index contributed by atoms with van der Waals surface area (Å²) in [5.74, 6) is -0.0845. The van der Waals surface area contributed by atoms with Crippen molar-refractivity contribution < 1.29 is 9.59 Å². The van der Waals surface area contributed by atoms with Crippen LogP contribution in [0.3, 0.4) is 0 Å². The van der Waals surface area contributed by atoms with Crippen LogP contribution in [0.25, 0.3) is 0 Å². The van der Waals surface area contributed by atoms with E-state index in [1.54, 1.807) is 24.3 Å². The number of benzene rings is 2. The van der Waals surface area contributed by atoms with Gasteiger partial charge in [-0.2, -0.15) is 5.26 Å². The number of nitrogens with zero attached hydrogens (tertiary/aromatic N) is 2. The van der Waals surface area contributed by atoms with Crippen molar-refractivity contribution >= 4 is 17.5 Å². The van der Waals surface area contributed by atoms with E-state index in [1.807, 2.05) is 29.2 Å². The van der Waals surface area contributed by atoms with Crippen molar-refractivity contribution in [3.05, 3.63) is 65.2 Å². The van der Waals surface area contributed by atoms with Crippen molar-refractivity contribution in [2.45, 2.75) is 19.4 Å². The van der Waals surface area contributed by atoms with Gasteiger partial charge in [0.25, 0.3) is 5.91 Å². The van der Waals surface area contributed by atoms with E-state index < -0.39 is 0 Å². The average molecular weight is 362 g/mol. The molecule has 0 unspecified atom stereocenters. The normalized spacial score (nSPS) is 13.1. The fraction of sp³-hybridized carbons (Fsp3) is 0.286. The van der Waals surface area contributed by atoms with Crippen molar-refractivity contribution in [3.63, 3.8) is 0 Å². The van der Waals surface area contributed by atoms with E-state index in [0.29, 0.717) is 17.7 Å². The number of carbonyl (C=O) groups is 2. The summed E-state index contributed by atoms with van der Waals surface area (Å²) in [4.78, 5) is 26.4. The Morgan fingerprint density at radius 2 is 1.81 bits per heavy atom. The Kier molecular flexibility index (Phi) is 6.06. The number of rotatable bonds is 6. The predicted octanol–water partition coefficient (Wildman–Crippen LogP) is 2.52. The number of hydrogen-bond donors (Lipinski definition) is 2. The van der Waals surface area contributed by atoms with Gasteiger partial charge in [-0.25, -0.2) is 0 Å². The number of anilines is 1.